The van der Waals surface area contributed by atoms with Gasteiger partial charge in [-0.05, 0) is 4.57 Å². The van der Waals surface area contributed by atoms with E-state index in [9.17, 15) is 4.57 Å². The van der Waals surface area contributed by atoms with E-state index in [1.165, 1.54) is 0 Å². The molecule has 5 heteroatoms. The van der Waals surface area contributed by atoms with Gasteiger partial charge in [0.15, 0.2) is 0 Å². The Morgan fingerprint density at radius 1 is 1.71 bits per heavy atom. The van der Waals surface area contributed by atoms with Gasteiger partial charge >= 0.3 is 8.69 Å². The monoisotopic (exact) mass is 131 g/mol. The Kier molecular flexibility index (Phi) is 15.7. The van der Waals surface area contributed by atoms with Crippen LogP contribution in [0.15, 0.2) is 0 Å². The SMILES string of the molecule is NCCO[PH+]=O.[Na]. The molecule has 1 atom stereocenters. The molecular weight excluding hydrogens is 124 g/mol. The Morgan fingerprint density at radius 2 is 2.29 bits per heavy atom. The molecule has 0 heterocycles. The molecule has 0 aliphatic rings. The van der Waals surface area contributed by atoms with Crippen molar-refractivity contribution in [2.45, 2.75) is 0 Å². The number of hydrogen-bond acceptors (Lipinski definition) is 3. The number of rotatable bonds is 3. The van der Waals surface area contributed by atoms with Gasteiger partial charge < -0.3 is 5.73 Å². The van der Waals surface area contributed by atoms with Gasteiger partial charge in [-0.25, -0.2) is 0 Å². The van der Waals surface area contributed by atoms with Crippen LogP contribution in [0.1, 0.15) is 0 Å². The third kappa shape index (κ3) is 10.9. The van der Waals surface area contributed by atoms with Crippen molar-refractivity contribution in [3.63, 3.8) is 0 Å². The quantitative estimate of drug-likeness (QED) is 0.319. The third-order valence-corrected chi connectivity index (χ3v) is 0.601. The van der Waals surface area contributed by atoms with Crippen LogP contribution >= 0.6 is 8.69 Å². The summed E-state index contributed by atoms with van der Waals surface area (Å²) >= 11 is 0. The molecule has 2 N–H and O–H groups in total. The second-order valence-corrected chi connectivity index (χ2v) is 1.18. The maximum Gasteiger partial charge on any atom is 0.494 e. The molecule has 1 unspecified atom stereocenters. The molecule has 0 bridgehead atoms. The molecule has 0 aromatic rings. The van der Waals surface area contributed by atoms with Gasteiger partial charge in [-0.15, -0.1) is 4.52 Å². The first-order valence-electron chi connectivity index (χ1n) is 1.61. The summed E-state index contributed by atoms with van der Waals surface area (Å²) in [5, 5.41) is 0. The smallest absolute Gasteiger partial charge is 0.328 e. The first-order chi connectivity index (χ1) is 2.91. The molecule has 0 saturated heterocycles. The van der Waals surface area contributed by atoms with Gasteiger partial charge in [-0.1, -0.05) is 0 Å². The number of hydrogen-bond donors (Lipinski definition) is 1. The number of nitrogens with two attached hydrogens (primary N) is 1. The van der Waals surface area contributed by atoms with Gasteiger partial charge in [0.05, 0.1) is 0 Å². The van der Waals surface area contributed by atoms with Crippen molar-refractivity contribution in [2.75, 3.05) is 13.2 Å². The van der Waals surface area contributed by atoms with Crippen molar-refractivity contribution < 1.29 is 9.09 Å². The summed E-state index contributed by atoms with van der Waals surface area (Å²) in [5.74, 6) is 0. The van der Waals surface area contributed by atoms with Crippen molar-refractivity contribution >= 4 is 38.2 Å². The fourth-order valence-corrected chi connectivity index (χ4v) is 0.302. The molecule has 0 saturated carbocycles. The van der Waals surface area contributed by atoms with Crippen molar-refractivity contribution in [2.24, 2.45) is 5.73 Å². The molecule has 0 aliphatic carbocycles. The standard InChI is InChI=1S/C2H7NO2P.Na/c3-1-2-5-6-4;/h6H,1-3H2;/q+1;. The summed E-state index contributed by atoms with van der Waals surface area (Å²) < 4.78 is 13.8. The molecule has 0 amide bonds. The van der Waals surface area contributed by atoms with E-state index >= 15 is 0 Å². The summed E-state index contributed by atoms with van der Waals surface area (Å²) in [7, 11) is -0.665. The summed E-state index contributed by atoms with van der Waals surface area (Å²) in [6, 6.07) is 0. The average Bonchev–Trinajstić information content (AvgIpc) is 1.61. The van der Waals surface area contributed by atoms with Gasteiger partial charge in [0.1, 0.15) is 6.61 Å². The first kappa shape index (κ1) is 10.9. The molecule has 3 nitrogen and oxygen atoms in total. The summed E-state index contributed by atoms with van der Waals surface area (Å²) in [5.41, 5.74) is 4.96. The Hall–Kier alpha value is 1.02. The van der Waals surface area contributed by atoms with Gasteiger partial charge in [0.2, 0.25) is 0 Å². The Balaban J connectivity index is 0. The summed E-state index contributed by atoms with van der Waals surface area (Å²) in [6.07, 6.45) is 0. The second-order valence-electron chi connectivity index (χ2n) is 0.720. The van der Waals surface area contributed by atoms with Gasteiger partial charge in [-0.2, -0.15) is 0 Å². The van der Waals surface area contributed by atoms with Gasteiger partial charge in [-0.3, -0.25) is 0 Å². The Morgan fingerprint density at radius 3 is 2.43 bits per heavy atom. The van der Waals surface area contributed by atoms with Crippen LogP contribution in [0.5, 0.6) is 0 Å². The van der Waals surface area contributed by atoms with Crippen LogP contribution in [-0.4, -0.2) is 42.7 Å². The average molecular weight is 131 g/mol. The van der Waals surface area contributed by atoms with Crippen LogP contribution < -0.4 is 5.73 Å². The van der Waals surface area contributed by atoms with E-state index in [-0.39, 0.29) is 29.6 Å². The maximum atomic E-state index is 9.44. The van der Waals surface area contributed by atoms with E-state index in [4.69, 9.17) is 5.73 Å². The summed E-state index contributed by atoms with van der Waals surface area (Å²) in [6.45, 7) is 0.831. The zero-order valence-electron chi connectivity index (χ0n) is 4.31. The molecule has 0 rings (SSSR count). The molecule has 37 valence electrons. The van der Waals surface area contributed by atoms with Crippen LogP contribution in [-0.2, 0) is 9.09 Å². The zero-order valence-corrected chi connectivity index (χ0v) is 7.31. The topological polar surface area (TPSA) is 52.3 Å². The van der Waals surface area contributed by atoms with E-state index in [1.807, 2.05) is 0 Å². The first-order valence-corrected chi connectivity index (χ1v) is 2.42. The van der Waals surface area contributed by atoms with E-state index in [0.717, 1.165) is 0 Å². The van der Waals surface area contributed by atoms with Crippen molar-refractivity contribution in [1.82, 2.24) is 0 Å². The van der Waals surface area contributed by atoms with E-state index < -0.39 is 8.69 Å². The van der Waals surface area contributed by atoms with E-state index in [0.29, 0.717) is 13.2 Å². The molecule has 0 spiro atoms. The van der Waals surface area contributed by atoms with Crippen LogP contribution in [0, 0.1) is 0 Å². The summed E-state index contributed by atoms with van der Waals surface area (Å²) in [4.78, 5) is 0. The third-order valence-electron chi connectivity index (χ3n) is 0.279. The fraction of sp³-hybridized carbons (Fsp3) is 1.00. The predicted octanol–water partition coefficient (Wildman–Crippen LogP) is -0.480. The van der Waals surface area contributed by atoms with Crippen molar-refractivity contribution in [1.29, 1.82) is 0 Å². The predicted molar refractivity (Wildman–Crippen MR) is 29.8 cm³/mol. The Labute approximate surface area is 66.2 Å². The van der Waals surface area contributed by atoms with Crippen LogP contribution in [0.2, 0.25) is 0 Å². The van der Waals surface area contributed by atoms with Crippen LogP contribution in [0.3, 0.4) is 0 Å². The molecule has 0 fully saturated rings. The second kappa shape index (κ2) is 10.1. The maximum absolute atomic E-state index is 9.44. The molecule has 7 heavy (non-hydrogen) atoms. The minimum atomic E-state index is -0.665. The van der Waals surface area contributed by atoms with Crippen molar-refractivity contribution in [3.8, 4) is 0 Å². The van der Waals surface area contributed by atoms with Gasteiger partial charge in [0, 0.05) is 36.1 Å². The van der Waals surface area contributed by atoms with Gasteiger partial charge in [0.25, 0.3) is 0 Å². The van der Waals surface area contributed by atoms with Crippen LogP contribution in [0.25, 0.3) is 0 Å². The molecule has 0 aromatic carbocycles. The minimum Gasteiger partial charge on any atom is -0.328 e. The molecule has 0 aliphatic heterocycles. The normalized spacial score (nSPS) is 8.14. The molecule has 0 aromatic heterocycles. The van der Waals surface area contributed by atoms with Crippen LogP contribution in [0.4, 0.5) is 0 Å². The van der Waals surface area contributed by atoms with E-state index in [2.05, 4.69) is 4.52 Å². The zero-order chi connectivity index (χ0) is 4.83. The minimum absolute atomic E-state index is 0. The Bertz CT molecular complexity index is 44.7. The fourth-order valence-electron chi connectivity index (χ4n) is 0.101. The molecular formula is C2H7NNaO2P+. The van der Waals surface area contributed by atoms with Crippen molar-refractivity contribution in [3.05, 3.63) is 0 Å². The largest absolute Gasteiger partial charge is 0.494 e. The molecule has 1 radical (unpaired) electrons. The van der Waals surface area contributed by atoms with E-state index in [1.54, 1.807) is 0 Å².